The van der Waals surface area contributed by atoms with Crippen LogP contribution in [-0.2, 0) is 22.3 Å². The molecule has 0 heterocycles. The summed E-state index contributed by atoms with van der Waals surface area (Å²) in [5.41, 5.74) is 0.564. The lowest BCUT2D eigenvalue weighted by atomic mass is 10.0. The smallest absolute Gasteiger partial charge is 0.416 e. The molecule has 2 N–H and O–H groups in total. The Balaban J connectivity index is 1.87. The molecule has 2 aromatic carbocycles. The predicted octanol–water partition coefficient (Wildman–Crippen LogP) is 7.53. The SMILES string of the molecule is CCCCCCCCCCCCNC(=O)c1ccc(CN(C(=O)C(=O)O)C(C)c2ccc(C(F)(F)F)cc2)cc1. The van der Waals surface area contributed by atoms with Gasteiger partial charge in [-0.1, -0.05) is 89.0 Å². The minimum absolute atomic E-state index is 0.0895. The van der Waals surface area contributed by atoms with Gasteiger partial charge in [-0.15, -0.1) is 0 Å². The van der Waals surface area contributed by atoms with Gasteiger partial charge in [0.25, 0.3) is 5.91 Å². The van der Waals surface area contributed by atoms with E-state index in [0.29, 0.717) is 23.2 Å². The number of nitrogens with one attached hydrogen (secondary N) is 1. The number of carboxylic acids is 1. The van der Waals surface area contributed by atoms with Gasteiger partial charge in [0.1, 0.15) is 0 Å². The molecule has 2 rings (SSSR count). The van der Waals surface area contributed by atoms with Crippen LogP contribution in [0.5, 0.6) is 0 Å². The number of carboxylic acid groups (broad SMARTS) is 1. The number of carbonyl (C=O) groups is 3. The second-order valence-electron chi connectivity index (χ2n) is 10.2. The molecule has 0 aliphatic carbocycles. The number of unbranched alkanes of at least 4 members (excludes halogenated alkanes) is 9. The number of hydrogen-bond donors (Lipinski definition) is 2. The third-order valence-corrected chi connectivity index (χ3v) is 7.02. The molecule has 2 amide bonds. The third kappa shape index (κ3) is 11.0. The topological polar surface area (TPSA) is 86.7 Å². The zero-order valence-corrected chi connectivity index (χ0v) is 23.4. The van der Waals surface area contributed by atoms with E-state index in [0.717, 1.165) is 36.3 Å². The highest BCUT2D eigenvalue weighted by Gasteiger charge is 2.31. The second kappa shape index (κ2) is 16.7. The summed E-state index contributed by atoms with van der Waals surface area (Å²) >= 11 is 0. The van der Waals surface area contributed by atoms with Gasteiger partial charge < -0.3 is 15.3 Å². The van der Waals surface area contributed by atoms with Crippen LogP contribution in [0.15, 0.2) is 48.5 Å². The first-order chi connectivity index (χ1) is 19.0. The van der Waals surface area contributed by atoms with Crippen molar-refractivity contribution in [2.75, 3.05) is 6.54 Å². The lowest BCUT2D eigenvalue weighted by Crippen LogP contribution is -2.38. The Morgan fingerprint density at radius 1 is 0.825 bits per heavy atom. The molecule has 220 valence electrons. The Kier molecular flexibility index (Phi) is 13.7. The molecule has 0 saturated carbocycles. The van der Waals surface area contributed by atoms with Gasteiger partial charge in [-0.05, 0) is 48.7 Å². The Labute approximate surface area is 235 Å². The average Bonchev–Trinajstić information content (AvgIpc) is 2.93. The Morgan fingerprint density at radius 3 is 1.85 bits per heavy atom. The van der Waals surface area contributed by atoms with Gasteiger partial charge in [0.15, 0.2) is 0 Å². The van der Waals surface area contributed by atoms with E-state index >= 15 is 0 Å². The minimum Gasteiger partial charge on any atom is -0.474 e. The second-order valence-corrected chi connectivity index (χ2v) is 10.2. The molecule has 0 aliphatic heterocycles. The summed E-state index contributed by atoms with van der Waals surface area (Å²) in [5, 5.41) is 12.2. The zero-order chi connectivity index (χ0) is 29.5. The van der Waals surface area contributed by atoms with E-state index in [1.165, 1.54) is 57.1 Å². The molecular weight excluding hydrogens is 521 g/mol. The molecule has 0 radical (unpaired) electrons. The van der Waals surface area contributed by atoms with Gasteiger partial charge in [0.2, 0.25) is 0 Å². The molecule has 2 aromatic rings. The van der Waals surface area contributed by atoms with Gasteiger partial charge in [-0.3, -0.25) is 9.59 Å². The molecule has 0 bridgehead atoms. The molecule has 0 saturated heterocycles. The average molecular weight is 563 g/mol. The molecule has 6 nitrogen and oxygen atoms in total. The quantitative estimate of drug-likeness (QED) is 0.164. The predicted molar refractivity (Wildman–Crippen MR) is 149 cm³/mol. The van der Waals surface area contributed by atoms with Crippen molar-refractivity contribution >= 4 is 17.8 Å². The van der Waals surface area contributed by atoms with Crippen LogP contribution in [0.4, 0.5) is 13.2 Å². The van der Waals surface area contributed by atoms with Gasteiger partial charge in [-0.25, -0.2) is 4.79 Å². The van der Waals surface area contributed by atoms with E-state index < -0.39 is 29.7 Å². The molecule has 0 aliphatic rings. The van der Waals surface area contributed by atoms with E-state index in [4.69, 9.17) is 0 Å². The number of benzene rings is 2. The first-order valence-electron chi connectivity index (χ1n) is 14.1. The molecule has 40 heavy (non-hydrogen) atoms. The van der Waals surface area contributed by atoms with Crippen LogP contribution >= 0.6 is 0 Å². The largest absolute Gasteiger partial charge is 0.474 e. The van der Waals surface area contributed by atoms with Crippen LogP contribution in [0.1, 0.15) is 111 Å². The van der Waals surface area contributed by atoms with Gasteiger partial charge in [0, 0.05) is 18.7 Å². The lowest BCUT2D eigenvalue weighted by Gasteiger charge is -2.28. The number of carbonyl (C=O) groups excluding carboxylic acids is 2. The number of rotatable bonds is 16. The van der Waals surface area contributed by atoms with Crippen LogP contribution in [-0.4, -0.2) is 34.3 Å². The number of aliphatic carboxylic acids is 1. The van der Waals surface area contributed by atoms with E-state index in [2.05, 4.69) is 12.2 Å². The Bertz CT molecular complexity index is 1070. The standard InChI is InChI=1S/C31H41F3N2O4/c1-3-4-5-6-7-8-9-10-11-12-21-35-28(37)26-15-13-24(14-16-26)22-36(29(38)30(39)40)23(2)25-17-19-27(20-18-25)31(32,33)34/h13-20,23H,3-12,21-22H2,1-2H3,(H,35,37)(H,39,40). The maximum Gasteiger partial charge on any atom is 0.416 e. The van der Waals surface area contributed by atoms with Gasteiger partial charge in [0.05, 0.1) is 11.6 Å². The fraction of sp³-hybridized carbons (Fsp3) is 0.516. The summed E-state index contributed by atoms with van der Waals surface area (Å²) < 4.78 is 38.7. The first kappa shape index (κ1) is 32.8. The zero-order valence-electron chi connectivity index (χ0n) is 23.4. The normalized spacial score (nSPS) is 12.1. The Morgan fingerprint density at radius 2 is 1.35 bits per heavy atom. The van der Waals surface area contributed by atoms with Gasteiger partial charge in [-0.2, -0.15) is 13.2 Å². The van der Waals surface area contributed by atoms with Crippen molar-refractivity contribution in [3.8, 4) is 0 Å². The van der Waals surface area contributed by atoms with Crippen LogP contribution in [0, 0.1) is 0 Å². The number of amides is 2. The maximum atomic E-state index is 12.9. The monoisotopic (exact) mass is 562 g/mol. The fourth-order valence-corrected chi connectivity index (χ4v) is 4.51. The number of halogens is 3. The summed E-state index contributed by atoms with van der Waals surface area (Å²) in [4.78, 5) is 37.4. The van der Waals surface area contributed by atoms with Crippen molar-refractivity contribution in [3.63, 3.8) is 0 Å². The van der Waals surface area contributed by atoms with E-state index in [1.54, 1.807) is 31.2 Å². The fourth-order valence-electron chi connectivity index (χ4n) is 4.51. The van der Waals surface area contributed by atoms with Crippen molar-refractivity contribution < 1.29 is 32.7 Å². The summed E-state index contributed by atoms with van der Waals surface area (Å²) in [7, 11) is 0. The summed E-state index contributed by atoms with van der Waals surface area (Å²) in [6, 6.07) is 9.96. The van der Waals surface area contributed by atoms with Crippen molar-refractivity contribution in [2.45, 2.75) is 96.8 Å². The van der Waals surface area contributed by atoms with Crippen LogP contribution in [0.2, 0.25) is 0 Å². The molecule has 0 fully saturated rings. The van der Waals surface area contributed by atoms with Crippen LogP contribution in [0.3, 0.4) is 0 Å². The highest BCUT2D eigenvalue weighted by atomic mass is 19.4. The van der Waals surface area contributed by atoms with Crippen molar-refractivity contribution in [1.82, 2.24) is 10.2 Å². The third-order valence-electron chi connectivity index (χ3n) is 7.02. The van der Waals surface area contributed by atoms with Crippen LogP contribution in [0.25, 0.3) is 0 Å². The van der Waals surface area contributed by atoms with E-state index in [1.807, 2.05) is 0 Å². The molecular formula is C31H41F3N2O4. The van der Waals surface area contributed by atoms with E-state index in [-0.39, 0.29) is 12.5 Å². The summed E-state index contributed by atoms with van der Waals surface area (Å²) in [6.07, 6.45) is 7.64. The molecule has 0 spiro atoms. The molecule has 0 aromatic heterocycles. The van der Waals surface area contributed by atoms with Crippen molar-refractivity contribution in [1.29, 1.82) is 0 Å². The molecule has 1 unspecified atom stereocenters. The highest BCUT2D eigenvalue weighted by molar-refractivity contribution is 6.31. The van der Waals surface area contributed by atoms with Crippen molar-refractivity contribution in [2.24, 2.45) is 0 Å². The van der Waals surface area contributed by atoms with Crippen LogP contribution < -0.4 is 5.32 Å². The van der Waals surface area contributed by atoms with Crippen molar-refractivity contribution in [3.05, 3.63) is 70.8 Å². The number of hydrogen-bond acceptors (Lipinski definition) is 3. The minimum atomic E-state index is -4.50. The lowest BCUT2D eigenvalue weighted by molar-refractivity contribution is -0.157. The van der Waals surface area contributed by atoms with Gasteiger partial charge >= 0.3 is 18.1 Å². The summed E-state index contributed by atoms with van der Waals surface area (Å²) in [5.74, 6) is -3.05. The van der Waals surface area contributed by atoms with E-state index in [9.17, 15) is 32.7 Å². The number of alkyl halides is 3. The Hall–Kier alpha value is -3.36. The number of nitrogens with zero attached hydrogens (tertiary/aromatic N) is 1. The molecule has 9 heteroatoms. The summed E-state index contributed by atoms with van der Waals surface area (Å²) in [6.45, 7) is 4.27. The maximum absolute atomic E-state index is 12.9. The first-order valence-corrected chi connectivity index (χ1v) is 14.1. The highest BCUT2D eigenvalue weighted by Crippen LogP contribution is 2.31. The molecule has 1 atom stereocenters.